The molecule has 0 amide bonds. The van der Waals surface area contributed by atoms with E-state index >= 15 is 0 Å². The number of aromatic nitrogens is 3. The molecular formula is C16H20N6O. The molecule has 120 valence electrons. The van der Waals surface area contributed by atoms with Crippen LogP contribution in [0.1, 0.15) is 24.1 Å². The fraction of sp³-hybridized carbons (Fsp3) is 0.375. The number of aromatic amines is 1. The van der Waals surface area contributed by atoms with Crippen LogP contribution in [0.25, 0.3) is 0 Å². The topological polar surface area (TPSA) is 86.3 Å². The molecule has 3 rings (SSSR count). The molecule has 1 fully saturated rings. The highest BCUT2D eigenvalue weighted by molar-refractivity contribution is 5.85. The Bertz CT molecular complexity index is 730. The second-order valence-corrected chi connectivity index (χ2v) is 5.64. The summed E-state index contributed by atoms with van der Waals surface area (Å²) in [5.41, 5.74) is 5.30. The van der Waals surface area contributed by atoms with E-state index in [9.17, 15) is 4.79 Å². The van der Waals surface area contributed by atoms with Crippen molar-refractivity contribution in [3.05, 3.63) is 51.9 Å². The number of hydrogen-bond acceptors (Lipinski definition) is 6. The predicted octanol–water partition coefficient (Wildman–Crippen LogP) is 1.54. The summed E-state index contributed by atoms with van der Waals surface area (Å²) >= 11 is 0. The Morgan fingerprint density at radius 2 is 1.96 bits per heavy atom. The lowest BCUT2D eigenvalue weighted by Crippen LogP contribution is -2.33. The lowest BCUT2D eigenvalue weighted by molar-refractivity contribution is 0.266. The van der Waals surface area contributed by atoms with Gasteiger partial charge in [-0.3, -0.25) is 14.7 Å². The Balaban J connectivity index is 1.52. The van der Waals surface area contributed by atoms with Crippen molar-refractivity contribution in [2.75, 3.05) is 18.5 Å². The van der Waals surface area contributed by atoms with Gasteiger partial charge in [0, 0.05) is 38.2 Å². The number of likely N-dealkylation sites (tertiary alicyclic amines) is 1. The second-order valence-electron chi connectivity index (χ2n) is 5.64. The molecule has 1 saturated heterocycles. The van der Waals surface area contributed by atoms with Gasteiger partial charge >= 0.3 is 0 Å². The van der Waals surface area contributed by atoms with Crippen molar-refractivity contribution in [2.45, 2.75) is 26.3 Å². The normalized spacial score (nSPS) is 15.4. The summed E-state index contributed by atoms with van der Waals surface area (Å²) < 4.78 is 0. The highest BCUT2D eigenvalue weighted by Gasteiger charge is 2.15. The first-order valence-corrected chi connectivity index (χ1v) is 7.72. The van der Waals surface area contributed by atoms with Gasteiger partial charge in [0.25, 0.3) is 5.56 Å². The molecule has 0 saturated carbocycles. The molecule has 2 heterocycles. The van der Waals surface area contributed by atoms with Crippen LogP contribution in [-0.4, -0.2) is 38.9 Å². The number of nitrogens with zero attached hydrogens (tertiary/aromatic N) is 4. The summed E-state index contributed by atoms with van der Waals surface area (Å²) in [6.07, 6.45) is 1.81. The van der Waals surface area contributed by atoms with Crippen LogP contribution in [0.15, 0.2) is 40.2 Å². The Kier molecular flexibility index (Phi) is 4.77. The van der Waals surface area contributed by atoms with Crippen LogP contribution in [0.5, 0.6) is 0 Å². The van der Waals surface area contributed by atoms with E-state index in [2.05, 4.69) is 54.9 Å². The van der Waals surface area contributed by atoms with Crippen molar-refractivity contribution in [3.63, 3.8) is 0 Å². The molecule has 0 radical (unpaired) electrons. The number of nitrogens with one attached hydrogen (secondary N) is 2. The van der Waals surface area contributed by atoms with Gasteiger partial charge in [0.1, 0.15) is 5.69 Å². The molecule has 1 aromatic carbocycles. The largest absolute Gasteiger partial charge is 0.298 e. The third-order valence-electron chi connectivity index (χ3n) is 3.86. The number of anilines is 1. The van der Waals surface area contributed by atoms with Crippen molar-refractivity contribution in [1.29, 1.82) is 0 Å². The second kappa shape index (κ2) is 7.15. The predicted molar refractivity (Wildman–Crippen MR) is 89.4 cm³/mol. The SMILES string of the molecule is Cc1nnc(NN=C2CCN(Cc3ccccc3)CC2)[nH]c1=O. The van der Waals surface area contributed by atoms with E-state index < -0.39 is 0 Å². The summed E-state index contributed by atoms with van der Waals surface area (Å²) in [4.78, 5) is 16.5. The smallest absolute Gasteiger partial charge is 0.274 e. The van der Waals surface area contributed by atoms with E-state index in [0.29, 0.717) is 5.69 Å². The quantitative estimate of drug-likeness (QED) is 0.836. The fourth-order valence-corrected chi connectivity index (χ4v) is 2.50. The molecule has 1 aliphatic rings. The Morgan fingerprint density at radius 3 is 2.65 bits per heavy atom. The number of benzene rings is 1. The third-order valence-corrected chi connectivity index (χ3v) is 3.86. The molecule has 0 aliphatic carbocycles. The monoisotopic (exact) mass is 312 g/mol. The average Bonchev–Trinajstić information content (AvgIpc) is 2.58. The molecular weight excluding hydrogens is 292 g/mol. The van der Waals surface area contributed by atoms with Gasteiger partial charge in [0.2, 0.25) is 5.95 Å². The molecule has 1 aliphatic heterocycles. The average molecular weight is 312 g/mol. The van der Waals surface area contributed by atoms with Crippen LogP contribution in [-0.2, 0) is 6.54 Å². The fourth-order valence-electron chi connectivity index (χ4n) is 2.50. The number of aryl methyl sites for hydroxylation is 1. The van der Waals surface area contributed by atoms with E-state index in [-0.39, 0.29) is 11.5 Å². The molecule has 0 bridgehead atoms. The zero-order chi connectivity index (χ0) is 16.1. The third kappa shape index (κ3) is 4.23. The first-order valence-electron chi connectivity index (χ1n) is 7.72. The van der Waals surface area contributed by atoms with Crippen LogP contribution in [0, 0.1) is 6.92 Å². The molecule has 0 spiro atoms. The minimum Gasteiger partial charge on any atom is -0.298 e. The molecule has 7 heteroatoms. The Hall–Kier alpha value is -2.54. The zero-order valence-corrected chi connectivity index (χ0v) is 13.1. The number of hydrazone groups is 1. The maximum atomic E-state index is 11.5. The summed E-state index contributed by atoms with van der Waals surface area (Å²) in [6.45, 7) is 4.54. The molecule has 0 atom stereocenters. The highest BCUT2D eigenvalue weighted by Crippen LogP contribution is 2.12. The van der Waals surface area contributed by atoms with Gasteiger partial charge < -0.3 is 0 Å². The highest BCUT2D eigenvalue weighted by atomic mass is 16.1. The number of rotatable bonds is 4. The number of H-pyrrole nitrogens is 1. The van der Waals surface area contributed by atoms with Gasteiger partial charge in [-0.25, -0.2) is 5.43 Å². The number of piperidine rings is 1. The van der Waals surface area contributed by atoms with Gasteiger partial charge in [-0.15, -0.1) is 10.2 Å². The van der Waals surface area contributed by atoms with Gasteiger partial charge in [-0.1, -0.05) is 30.3 Å². The van der Waals surface area contributed by atoms with E-state index in [1.165, 1.54) is 5.56 Å². The number of hydrogen-bond donors (Lipinski definition) is 2. The minimum absolute atomic E-state index is 0.250. The van der Waals surface area contributed by atoms with Crippen LogP contribution < -0.4 is 11.0 Å². The maximum Gasteiger partial charge on any atom is 0.274 e. The zero-order valence-electron chi connectivity index (χ0n) is 13.1. The van der Waals surface area contributed by atoms with E-state index in [0.717, 1.165) is 38.2 Å². The molecule has 23 heavy (non-hydrogen) atoms. The first kappa shape index (κ1) is 15.4. The van der Waals surface area contributed by atoms with E-state index in [4.69, 9.17) is 0 Å². The van der Waals surface area contributed by atoms with Crippen LogP contribution in [0.2, 0.25) is 0 Å². The van der Waals surface area contributed by atoms with Crippen LogP contribution >= 0.6 is 0 Å². The van der Waals surface area contributed by atoms with Crippen molar-refractivity contribution < 1.29 is 0 Å². The van der Waals surface area contributed by atoms with Crippen molar-refractivity contribution in [2.24, 2.45) is 5.10 Å². The van der Waals surface area contributed by atoms with Crippen molar-refractivity contribution >= 4 is 11.7 Å². The lowest BCUT2D eigenvalue weighted by Gasteiger charge is -2.27. The Labute approximate surface area is 134 Å². The molecule has 2 aromatic rings. The maximum absolute atomic E-state index is 11.5. The van der Waals surface area contributed by atoms with Gasteiger partial charge in [-0.05, 0) is 12.5 Å². The van der Waals surface area contributed by atoms with Crippen LogP contribution in [0.3, 0.4) is 0 Å². The standard InChI is InChI=1S/C16H20N6O/c1-12-15(23)17-16(20-18-12)21-19-14-7-9-22(10-8-14)11-13-5-3-2-4-6-13/h2-6H,7-11H2,1H3,(H2,17,20,21,23). The summed E-state index contributed by atoms with van der Waals surface area (Å²) in [7, 11) is 0. The minimum atomic E-state index is -0.250. The molecule has 0 unspecified atom stereocenters. The van der Waals surface area contributed by atoms with Gasteiger partial charge in [-0.2, -0.15) is 5.10 Å². The van der Waals surface area contributed by atoms with Crippen LogP contribution in [0.4, 0.5) is 5.95 Å². The van der Waals surface area contributed by atoms with Gasteiger partial charge in [0.05, 0.1) is 0 Å². The molecule has 7 nitrogen and oxygen atoms in total. The van der Waals surface area contributed by atoms with Crippen molar-refractivity contribution in [1.82, 2.24) is 20.1 Å². The summed E-state index contributed by atoms with van der Waals surface area (Å²) in [5.74, 6) is 0.278. The summed E-state index contributed by atoms with van der Waals surface area (Å²) in [5, 5.41) is 12.0. The van der Waals surface area contributed by atoms with Crippen molar-refractivity contribution in [3.8, 4) is 0 Å². The Morgan fingerprint density at radius 1 is 1.22 bits per heavy atom. The molecule has 2 N–H and O–H groups in total. The van der Waals surface area contributed by atoms with E-state index in [1.54, 1.807) is 6.92 Å². The lowest BCUT2D eigenvalue weighted by atomic mass is 10.1. The molecule has 1 aromatic heterocycles. The first-order chi connectivity index (χ1) is 11.2. The van der Waals surface area contributed by atoms with E-state index in [1.807, 2.05) is 6.07 Å². The van der Waals surface area contributed by atoms with Gasteiger partial charge in [0.15, 0.2) is 0 Å². The summed E-state index contributed by atoms with van der Waals surface area (Å²) in [6, 6.07) is 10.5.